The van der Waals surface area contributed by atoms with Crippen molar-refractivity contribution in [2.45, 2.75) is 27.1 Å². The topological polar surface area (TPSA) is 52.6 Å². The molecule has 3 rings (SSSR count). The number of ether oxygens (including phenoxy) is 2. The first-order valence-corrected chi connectivity index (χ1v) is 5.40. The zero-order valence-corrected chi connectivity index (χ0v) is 10.0. The average Bonchev–Trinajstić information content (AvgIpc) is 2.34. The maximum absolute atomic E-state index is 11.8. The Balaban J connectivity index is 2.40. The van der Waals surface area contributed by atoms with Gasteiger partial charge in [0, 0.05) is 5.41 Å². The van der Waals surface area contributed by atoms with Crippen LogP contribution in [-0.4, -0.2) is 18.2 Å². The molecule has 0 aromatic heterocycles. The molecule has 4 nitrogen and oxygen atoms in total. The summed E-state index contributed by atoms with van der Waals surface area (Å²) in [5, 5.41) is 0. The molecular formula is C13H14O4. The molecule has 0 N–H and O–H groups in total. The van der Waals surface area contributed by atoms with Crippen LogP contribution < -0.4 is 0 Å². The lowest BCUT2D eigenvalue weighted by molar-refractivity contribution is -0.131. The van der Waals surface area contributed by atoms with Crippen molar-refractivity contribution in [3.63, 3.8) is 0 Å². The monoisotopic (exact) mass is 234 g/mol. The van der Waals surface area contributed by atoms with Gasteiger partial charge in [-0.2, -0.15) is 0 Å². The van der Waals surface area contributed by atoms with Gasteiger partial charge in [-0.3, -0.25) is 0 Å². The Bertz CT molecular complexity index is 416. The van der Waals surface area contributed by atoms with Gasteiger partial charge in [0.05, 0.1) is 11.1 Å². The van der Waals surface area contributed by atoms with E-state index in [0.717, 1.165) is 0 Å². The van der Waals surface area contributed by atoms with Crippen LogP contribution in [0.3, 0.4) is 0 Å². The molecule has 0 saturated carbocycles. The molecule has 0 atom stereocenters. The summed E-state index contributed by atoms with van der Waals surface area (Å²) in [5.41, 5.74) is 0.374. The van der Waals surface area contributed by atoms with Crippen molar-refractivity contribution in [1.82, 2.24) is 0 Å². The zero-order valence-electron chi connectivity index (χ0n) is 10.0. The van der Waals surface area contributed by atoms with Gasteiger partial charge in [0.1, 0.15) is 0 Å². The minimum absolute atomic E-state index is 0.418. The van der Waals surface area contributed by atoms with E-state index in [-0.39, 0.29) is 0 Å². The molecule has 0 fully saturated rings. The Morgan fingerprint density at radius 2 is 1.24 bits per heavy atom. The second-order valence-electron chi connectivity index (χ2n) is 5.09. The van der Waals surface area contributed by atoms with E-state index in [1.54, 1.807) is 24.3 Å². The van der Waals surface area contributed by atoms with E-state index in [4.69, 9.17) is 9.47 Å². The van der Waals surface area contributed by atoms with E-state index in [2.05, 4.69) is 0 Å². The van der Waals surface area contributed by atoms with E-state index in [0.29, 0.717) is 11.1 Å². The fourth-order valence-electron chi connectivity index (χ4n) is 1.45. The smallest absolute Gasteiger partial charge is 0.341 e. The maximum Gasteiger partial charge on any atom is 0.341 e. The normalized spacial score (nSPS) is 16.9. The Hall–Kier alpha value is -1.84. The van der Waals surface area contributed by atoms with Crippen molar-refractivity contribution < 1.29 is 19.1 Å². The highest BCUT2D eigenvalue weighted by Gasteiger charge is 2.33. The molecule has 0 radical (unpaired) electrons. The largest absolute Gasteiger partial charge is 0.421 e. The van der Waals surface area contributed by atoms with Crippen molar-refractivity contribution in [3.05, 3.63) is 35.4 Å². The van der Waals surface area contributed by atoms with Gasteiger partial charge < -0.3 is 9.47 Å². The van der Waals surface area contributed by atoms with Crippen LogP contribution in [0.25, 0.3) is 0 Å². The van der Waals surface area contributed by atoms with Crippen molar-refractivity contribution in [2.24, 2.45) is 5.41 Å². The van der Waals surface area contributed by atoms with Crippen LogP contribution in [0.1, 0.15) is 41.5 Å². The molecule has 0 amide bonds. The molecular weight excluding hydrogens is 220 g/mol. The number of rotatable bonds is 0. The SMILES string of the molecule is CC(C)(C)C1OC(=O)c2ccc(cc2)C(=O)O1. The Labute approximate surface area is 99.5 Å². The Morgan fingerprint density at radius 1 is 0.882 bits per heavy atom. The number of carbonyl (C=O) groups is 2. The highest BCUT2D eigenvalue weighted by molar-refractivity contribution is 5.94. The summed E-state index contributed by atoms with van der Waals surface area (Å²) < 4.78 is 10.4. The van der Waals surface area contributed by atoms with E-state index in [1.165, 1.54) is 0 Å². The van der Waals surface area contributed by atoms with Gasteiger partial charge in [-0.25, -0.2) is 9.59 Å². The summed E-state index contributed by atoms with van der Waals surface area (Å²) >= 11 is 0. The predicted molar refractivity (Wildman–Crippen MR) is 60.5 cm³/mol. The third kappa shape index (κ3) is 2.30. The first-order valence-electron chi connectivity index (χ1n) is 5.40. The third-order valence-corrected chi connectivity index (χ3v) is 2.49. The van der Waals surface area contributed by atoms with Crippen LogP contribution in [0.4, 0.5) is 0 Å². The minimum atomic E-state index is -0.882. The molecule has 17 heavy (non-hydrogen) atoms. The van der Waals surface area contributed by atoms with Crippen LogP contribution in [0.2, 0.25) is 0 Å². The van der Waals surface area contributed by atoms with E-state index in [9.17, 15) is 9.59 Å². The number of hydrogen-bond donors (Lipinski definition) is 0. The summed E-state index contributed by atoms with van der Waals surface area (Å²) in [6, 6.07) is 6.24. The molecule has 2 heterocycles. The van der Waals surface area contributed by atoms with Gasteiger partial charge in [0.25, 0.3) is 6.29 Å². The number of fused-ring (bicyclic) bond motifs is 6. The van der Waals surface area contributed by atoms with Crippen molar-refractivity contribution in [2.75, 3.05) is 0 Å². The van der Waals surface area contributed by atoms with Crippen molar-refractivity contribution >= 4 is 11.9 Å². The van der Waals surface area contributed by atoms with Crippen LogP contribution >= 0.6 is 0 Å². The number of benzene rings is 1. The van der Waals surface area contributed by atoms with Crippen molar-refractivity contribution in [1.29, 1.82) is 0 Å². The predicted octanol–water partition coefficient (Wildman–Crippen LogP) is 2.39. The molecule has 4 heteroatoms. The summed E-state index contributed by atoms with van der Waals surface area (Å²) in [6.45, 7) is 5.52. The lowest BCUT2D eigenvalue weighted by Gasteiger charge is -2.28. The second-order valence-corrected chi connectivity index (χ2v) is 5.09. The van der Waals surface area contributed by atoms with Crippen LogP contribution in [0.15, 0.2) is 24.3 Å². The molecule has 0 saturated heterocycles. The third-order valence-electron chi connectivity index (χ3n) is 2.49. The molecule has 1 aromatic carbocycles. The first kappa shape index (κ1) is 11.6. The highest BCUT2D eigenvalue weighted by Crippen LogP contribution is 2.26. The maximum atomic E-state index is 11.8. The summed E-state index contributed by atoms with van der Waals surface area (Å²) in [4.78, 5) is 23.6. The van der Waals surface area contributed by atoms with E-state index < -0.39 is 23.6 Å². The van der Waals surface area contributed by atoms with Gasteiger partial charge in [0.2, 0.25) is 0 Å². The molecule has 2 aliphatic heterocycles. The lowest BCUT2D eigenvalue weighted by Crippen LogP contribution is -2.35. The molecule has 2 aliphatic rings. The van der Waals surface area contributed by atoms with Gasteiger partial charge in [-0.15, -0.1) is 0 Å². The van der Waals surface area contributed by atoms with Gasteiger partial charge in [-0.1, -0.05) is 20.8 Å². The quantitative estimate of drug-likeness (QED) is 0.647. The van der Waals surface area contributed by atoms with Crippen molar-refractivity contribution in [3.8, 4) is 0 Å². The van der Waals surface area contributed by atoms with Crippen LogP contribution in [-0.2, 0) is 9.47 Å². The minimum Gasteiger partial charge on any atom is -0.421 e. The van der Waals surface area contributed by atoms with Gasteiger partial charge in [-0.05, 0) is 24.3 Å². The standard InChI is InChI=1S/C13H14O4/c1-13(2,3)12-16-10(14)8-4-5-9(7-6-8)11(15)17-12/h4-7,12H,1-3H3. The molecule has 0 unspecified atom stereocenters. The number of hydrogen-bond acceptors (Lipinski definition) is 4. The highest BCUT2D eigenvalue weighted by atomic mass is 16.7. The van der Waals surface area contributed by atoms with Gasteiger partial charge >= 0.3 is 11.9 Å². The fourth-order valence-corrected chi connectivity index (χ4v) is 1.45. The van der Waals surface area contributed by atoms with E-state index >= 15 is 0 Å². The zero-order chi connectivity index (χ0) is 12.6. The van der Waals surface area contributed by atoms with E-state index in [1.807, 2.05) is 20.8 Å². The molecule has 2 bridgehead atoms. The molecule has 0 aliphatic carbocycles. The molecule has 90 valence electrons. The Kier molecular flexibility index (Phi) is 2.65. The number of carbonyl (C=O) groups excluding carboxylic acids is 2. The molecule has 0 spiro atoms. The van der Waals surface area contributed by atoms with Crippen LogP contribution in [0.5, 0.6) is 0 Å². The molecule has 1 aromatic rings. The summed E-state index contributed by atoms with van der Waals surface area (Å²) in [6.07, 6.45) is -0.882. The average molecular weight is 234 g/mol. The fraction of sp³-hybridized carbons (Fsp3) is 0.385. The Morgan fingerprint density at radius 3 is 1.53 bits per heavy atom. The van der Waals surface area contributed by atoms with Gasteiger partial charge in [0.15, 0.2) is 0 Å². The first-order chi connectivity index (χ1) is 7.88. The summed E-state index contributed by atoms with van der Waals surface area (Å²) in [5.74, 6) is -0.961. The summed E-state index contributed by atoms with van der Waals surface area (Å²) in [7, 11) is 0. The lowest BCUT2D eigenvalue weighted by atomic mass is 9.96. The van der Waals surface area contributed by atoms with Crippen LogP contribution in [0, 0.1) is 5.41 Å². The number of esters is 2. The second kappa shape index (κ2) is 3.87.